The Balaban J connectivity index is 1.24. The van der Waals surface area contributed by atoms with Crippen LogP contribution in [0.4, 0.5) is 19.0 Å². The van der Waals surface area contributed by atoms with Crippen molar-refractivity contribution in [3.8, 4) is 0 Å². The number of pyridine rings is 2. The first-order chi connectivity index (χ1) is 16.2. The topological polar surface area (TPSA) is 84.0 Å². The minimum absolute atomic E-state index is 0.0637. The predicted octanol–water partition coefficient (Wildman–Crippen LogP) is 5.48. The lowest BCUT2D eigenvalue weighted by Crippen LogP contribution is -2.34. The molecule has 0 aliphatic heterocycles. The Kier molecular flexibility index (Phi) is 7.02. The van der Waals surface area contributed by atoms with E-state index in [0.29, 0.717) is 36.4 Å². The molecule has 0 bridgehead atoms. The van der Waals surface area contributed by atoms with Crippen molar-refractivity contribution in [1.29, 1.82) is 0 Å². The molecule has 178 valence electrons. The number of aromatic nitrogens is 2. The van der Waals surface area contributed by atoms with E-state index in [-0.39, 0.29) is 23.4 Å². The summed E-state index contributed by atoms with van der Waals surface area (Å²) in [6, 6.07) is 10.9. The molecule has 10 heteroatoms. The van der Waals surface area contributed by atoms with Crippen molar-refractivity contribution < 1.29 is 22.8 Å². The number of benzene rings is 1. The first-order valence-corrected chi connectivity index (χ1v) is 11.3. The van der Waals surface area contributed by atoms with E-state index >= 15 is 0 Å². The fourth-order valence-corrected chi connectivity index (χ4v) is 4.23. The van der Waals surface area contributed by atoms with Crippen LogP contribution in [0.1, 0.15) is 41.7 Å². The second-order valence-electron chi connectivity index (χ2n) is 8.38. The van der Waals surface area contributed by atoms with Crippen molar-refractivity contribution in [2.75, 3.05) is 11.9 Å². The van der Waals surface area contributed by atoms with Crippen LogP contribution in [0.25, 0.3) is 10.9 Å². The van der Waals surface area contributed by atoms with Crippen LogP contribution in [0.2, 0.25) is 5.02 Å². The molecule has 1 aliphatic carbocycles. The number of hydrogen-bond acceptors (Lipinski definition) is 4. The molecular formula is C24H22ClF3N4O2. The molecule has 2 heterocycles. The summed E-state index contributed by atoms with van der Waals surface area (Å²) in [5.74, 6) is -0.0787. The number of hydrogen-bond donors (Lipinski definition) is 2. The smallest absolute Gasteiger partial charge is 0.350 e. The molecule has 2 amide bonds. The average Bonchev–Trinajstić information content (AvgIpc) is 2.82. The van der Waals surface area contributed by atoms with Crippen molar-refractivity contribution in [1.82, 2.24) is 15.3 Å². The summed E-state index contributed by atoms with van der Waals surface area (Å²) in [5, 5.41) is 7.12. The SMILES string of the molecule is O=C(NC[C@H]1CC[C@H](C(=O)Nc2ccc3cc(Cl)ccc3n2)CC1)c1ccc(C(F)(F)F)cn1. The van der Waals surface area contributed by atoms with Gasteiger partial charge in [0.1, 0.15) is 11.5 Å². The highest BCUT2D eigenvalue weighted by molar-refractivity contribution is 6.31. The summed E-state index contributed by atoms with van der Waals surface area (Å²) in [4.78, 5) is 33.0. The molecule has 2 N–H and O–H groups in total. The largest absolute Gasteiger partial charge is 0.417 e. The van der Waals surface area contributed by atoms with Crippen LogP contribution in [0.3, 0.4) is 0 Å². The van der Waals surface area contributed by atoms with Crippen LogP contribution < -0.4 is 10.6 Å². The van der Waals surface area contributed by atoms with Gasteiger partial charge in [0.15, 0.2) is 0 Å². The third kappa shape index (κ3) is 5.83. The molecule has 2 aromatic heterocycles. The molecule has 0 radical (unpaired) electrons. The average molecular weight is 491 g/mol. The number of rotatable bonds is 5. The van der Waals surface area contributed by atoms with Crippen LogP contribution >= 0.6 is 11.6 Å². The van der Waals surface area contributed by atoms with E-state index in [1.165, 1.54) is 0 Å². The summed E-state index contributed by atoms with van der Waals surface area (Å²) in [6.07, 6.45) is -0.989. The van der Waals surface area contributed by atoms with Gasteiger partial charge < -0.3 is 10.6 Å². The maximum atomic E-state index is 12.7. The molecule has 0 saturated heterocycles. The van der Waals surface area contributed by atoms with Gasteiger partial charge in [0, 0.05) is 29.1 Å². The number of carbonyl (C=O) groups excluding carboxylic acids is 2. The summed E-state index contributed by atoms with van der Waals surface area (Å²) < 4.78 is 37.9. The van der Waals surface area contributed by atoms with Gasteiger partial charge in [-0.05, 0) is 74.1 Å². The molecule has 1 saturated carbocycles. The van der Waals surface area contributed by atoms with Gasteiger partial charge >= 0.3 is 6.18 Å². The minimum atomic E-state index is -4.49. The molecule has 1 aromatic carbocycles. The number of anilines is 1. The Morgan fingerprint density at radius 1 is 1.03 bits per heavy atom. The van der Waals surface area contributed by atoms with E-state index in [1.54, 1.807) is 18.2 Å². The van der Waals surface area contributed by atoms with Gasteiger partial charge in [0.2, 0.25) is 5.91 Å². The molecule has 4 rings (SSSR count). The van der Waals surface area contributed by atoms with Crippen molar-refractivity contribution in [2.45, 2.75) is 31.9 Å². The predicted molar refractivity (Wildman–Crippen MR) is 122 cm³/mol. The van der Waals surface area contributed by atoms with Crippen molar-refractivity contribution in [3.05, 3.63) is 64.9 Å². The van der Waals surface area contributed by atoms with Crippen LogP contribution in [0.15, 0.2) is 48.7 Å². The monoisotopic (exact) mass is 490 g/mol. The van der Waals surface area contributed by atoms with Crippen LogP contribution in [-0.4, -0.2) is 28.3 Å². The number of carbonyl (C=O) groups is 2. The quantitative estimate of drug-likeness (QED) is 0.496. The number of fused-ring (bicyclic) bond motifs is 1. The molecule has 0 atom stereocenters. The molecule has 34 heavy (non-hydrogen) atoms. The normalized spacial score (nSPS) is 18.5. The summed E-state index contributed by atoms with van der Waals surface area (Å²) in [5.41, 5.74) is -0.223. The van der Waals surface area contributed by atoms with Gasteiger partial charge in [0.25, 0.3) is 5.91 Å². The number of nitrogens with zero attached hydrogens (tertiary/aromatic N) is 2. The molecule has 0 spiro atoms. The van der Waals surface area contributed by atoms with Crippen molar-refractivity contribution in [3.63, 3.8) is 0 Å². The Hall–Kier alpha value is -3.20. The summed E-state index contributed by atoms with van der Waals surface area (Å²) >= 11 is 5.99. The van der Waals surface area contributed by atoms with Crippen LogP contribution in [0, 0.1) is 11.8 Å². The molecule has 1 fully saturated rings. The number of halogens is 4. The zero-order valence-corrected chi connectivity index (χ0v) is 18.8. The first-order valence-electron chi connectivity index (χ1n) is 10.9. The van der Waals surface area contributed by atoms with Gasteiger partial charge in [-0.15, -0.1) is 0 Å². The summed E-state index contributed by atoms with van der Waals surface area (Å²) in [7, 11) is 0. The Bertz CT molecular complexity index is 1190. The van der Waals surface area contributed by atoms with Gasteiger partial charge in [0.05, 0.1) is 11.1 Å². The van der Waals surface area contributed by atoms with E-state index in [9.17, 15) is 22.8 Å². The Labute approximate surface area is 198 Å². The van der Waals surface area contributed by atoms with Crippen LogP contribution in [-0.2, 0) is 11.0 Å². The van der Waals surface area contributed by atoms with Gasteiger partial charge in [-0.1, -0.05) is 11.6 Å². The second-order valence-corrected chi connectivity index (χ2v) is 8.82. The minimum Gasteiger partial charge on any atom is -0.350 e. The fourth-order valence-electron chi connectivity index (χ4n) is 4.05. The zero-order valence-electron chi connectivity index (χ0n) is 18.0. The maximum Gasteiger partial charge on any atom is 0.417 e. The number of alkyl halides is 3. The standard InChI is InChI=1S/C24H22ClF3N4O2/c25-18-7-9-19-16(11-18)5-10-21(31-19)32-22(33)15-3-1-14(2-4-15)12-30-23(34)20-8-6-17(13-29-20)24(26,27)28/h5-11,13-15H,1-4,12H2,(H,30,34)(H,31,32,33)/t14-,15-. The highest BCUT2D eigenvalue weighted by Crippen LogP contribution is 2.30. The molecule has 6 nitrogen and oxygen atoms in total. The Morgan fingerprint density at radius 3 is 2.47 bits per heavy atom. The zero-order chi connectivity index (χ0) is 24.3. The van der Waals surface area contributed by atoms with Crippen molar-refractivity contribution >= 4 is 40.1 Å². The lowest BCUT2D eigenvalue weighted by atomic mass is 9.81. The molecule has 1 aliphatic rings. The number of nitrogens with one attached hydrogen (secondary N) is 2. The lowest BCUT2D eigenvalue weighted by Gasteiger charge is -2.27. The third-order valence-corrected chi connectivity index (χ3v) is 6.23. The molecule has 0 unspecified atom stereocenters. The van der Waals surface area contributed by atoms with Gasteiger partial charge in [-0.25, -0.2) is 4.98 Å². The van der Waals surface area contributed by atoms with E-state index in [1.807, 2.05) is 12.1 Å². The molecular weight excluding hydrogens is 469 g/mol. The fraction of sp³-hybridized carbons (Fsp3) is 0.333. The van der Waals surface area contributed by atoms with Crippen molar-refractivity contribution in [2.24, 2.45) is 11.8 Å². The van der Waals surface area contributed by atoms with Crippen LogP contribution in [0.5, 0.6) is 0 Å². The lowest BCUT2D eigenvalue weighted by molar-refractivity contribution is -0.137. The second kappa shape index (κ2) is 9.97. The Morgan fingerprint density at radius 2 is 1.79 bits per heavy atom. The van der Waals surface area contributed by atoms with E-state index in [2.05, 4.69) is 20.6 Å². The van der Waals surface area contributed by atoms with E-state index < -0.39 is 17.6 Å². The highest BCUT2D eigenvalue weighted by atomic mass is 35.5. The van der Waals surface area contributed by atoms with Gasteiger partial charge in [-0.2, -0.15) is 13.2 Å². The highest BCUT2D eigenvalue weighted by Gasteiger charge is 2.31. The summed E-state index contributed by atoms with van der Waals surface area (Å²) in [6.45, 7) is 0.380. The first kappa shape index (κ1) is 23.9. The van der Waals surface area contributed by atoms with E-state index in [4.69, 9.17) is 11.6 Å². The molecule has 3 aromatic rings. The van der Waals surface area contributed by atoms with Gasteiger partial charge in [-0.3, -0.25) is 14.6 Å². The third-order valence-electron chi connectivity index (χ3n) is 5.99. The van der Waals surface area contributed by atoms with E-state index in [0.717, 1.165) is 35.9 Å². The number of amides is 2. The maximum absolute atomic E-state index is 12.7.